The predicted molar refractivity (Wildman–Crippen MR) is 93.9 cm³/mol. The summed E-state index contributed by atoms with van der Waals surface area (Å²) < 4.78 is 0. The van der Waals surface area contributed by atoms with Gasteiger partial charge in [0.2, 0.25) is 0 Å². The summed E-state index contributed by atoms with van der Waals surface area (Å²) in [7, 11) is 0. The van der Waals surface area contributed by atoms with E-state index in [-0.39, 0.29) is 0 Å². The molecule has 0 radical (unpaired) electrons. The second-order valence-corrected chi connectivity index (χ2v) is 6.96. The molecule has 1 aromatic heterocycles. The molecule has 0 unspecified atom stereocenters. The fraction of sp³-hybridized carbons (Fsp3) is 0.526. The minimum absolute atomic E-state index is 0.540. The number of anilines is 1. The van der Waals surface area contributed by atoms with Gasteiger partial charge in [-0.2, -0.15) is 0 Å². The lowest BCUT2D eigenvalue weighted by Crippen LogP contribution is -2.15. The highest BCUT2D eigenvalue weighted by Gasteiger charge is 2.17. The van der Waals surface area contributed by atoms with E-state index < -0.39 is 0 Å². The van der Waals surface area contributed by atoms with Crippen LogP contribution in [0.25, 0.3) is 10.9 Å². The topological polar surface area (TPSA) is 50.9 Å². The molecule has 1 saturated carbocycles. The van der Waals surface area contributed by atoms with Gasteiger partial charge < -0.3 is 5.43 Å². The molecule has 1 aliphatic carbocycles. The van der Waals surface area contributed by atoms with Crippen molar-refractivity contribution in [2.75, 3.05) is 5.43 Å². The first-order valence-corrected chi connectivity index (χ1v) is 8.57. The average molecular weight is 297 g/mol. The molecule has 3 nitrogen and oxygen atoms in total. The third-order valence-electron chi connectivity index (χ3n) is 4.95. The number of aromatic nitrogens is 1. The normalized spacial score (nSPS) is 16.4. The van der Waals surface area contributed by atoms with E-state index in [1.807, 2.05) is 0 Å². The highest BCUT2D eigenvalue weighted by Crippen LogP contribution is 2.30. The molecule has 0 spiro atoms. The van der Waals surface area contributed by atoms with Crippen LogP contribution in [0.3, 0.4) is 0 Å². The van der Waals surface area contributed by atoms with Crippen LogP contribution in [0.4, 0.5) is 5.82 Å². The van der Waals surface area contributed by atoms with Crippen molar-refractivity contribution in [2.45, 2.75) is 58.3 Å². The summed E-state index contributed by atoms with van der Waals surface area (Å²) in [6.07, 6.45) is 7.91. The molecule has 1 aromatic carbocycles. The van der Waals surface area contributed by atoms with Crippen LogP contribution in [0.5, 0.6) is 0 Å². The quantitative estimate of drug-likeness (QED) is 0.631. The average Bonchev–Trinajstić information content (AvgIpc) is 2.54. The number of nitrogens with zero attached hydrogens (tertiary/aromatic N) is 1. The van der Waals surface area contributed by atoms with Crippen LogP contribution < -0.4 is 11.3 Å². The summed E-state index contributed by atoms with van der Waals surface area (Å²) in [6.45, 7) is 4.46. The number of fused-ring (bicyclic) bond motifs is 1. The Morgan fingerprint density at radius 3 is 2.64 bits per heavy atom. The number of rotatable bonds is 4. The van der Waals surface area contributed by atoms with Crippen molar-refractivity contribution in [2.24, 2.45) is 11.8 Å². The van der Waals surface area contributed by atoms with Crippen LogP contribution in [-0.4, -0.2) is 4.98 Å². The van der Waals surface area contributed by atoms with Crippen molar-refractivity contribution in [1.82, 2.24) is 4.98 Å². The lowest BCUT2D eigenvalue weighted by molar-refractivity contribution is 0.357. The van der Waals surface area contributed by atoms with Crippen LogP contribution in [-0.2, 0) is 6.42 Å². The Balaban J connectivity index is 1.95. The van der Waals surface area contributed by atoms with Crippen molar-refractivity contribution in [1.29, 1.82) is 0 Å². The second-order valence-electron chi connectivity index (χ2n) is 6.96. The van der Waals surface area contributed by atoms with Gasteiger partial charge >= 0.3 is 0 Å². The maximum absolute atomic E-state index is 5.71. The van der Waals surface area contributed by atoms with Crippen molar-refractivity contribution < 1.29 is 0 Å². The number of hydrogen-bond acceptors (Lipinski definition) is 3. The summed E-state index contributed by atoms with van der Waals surface area (Å²) in [5, 5.41) is 1.23. The molecule has 1 aliphatic rings. The van der Waals surface area contributed by atoms with Crippen molar-refractivity contribution in [3.05, 3.63) is 35.4 Å². The first-order chi connectivity index (χ1) is 10.7. The Hall–Kier alpha value is -1.61. The highest BCUT2D eigenvalue weighted by molar-refractivity contribution is 5.82. The van der Waals surface area contributed by atoms with Crippen molar-refractivity contribution in [3.63, 3.8) is 0 Å². The fourth-order valence-electron chi connectivity index (χ4n) is 3.58. The molecule has 3 heteroatoms. The Labute approximate surface area is 133 Å². The Morgan fingerprint density at radius 2 is 1.95 bits per heavy atom. The summed E-state index contributed by atoms with van der Waals surface area (Å²) >= 11 is 0. The van der Waals surface area contributed by atoms with Gasteiger partial charge in [-0.3, -0.25) is 0 Å². The SMILES string of the molecule is CC(C)c1ccc2nc(NN)c(CC3CCCCC3)cc2c1. The van der Waals surface area contributed by atoms with E-state index in [0.717, 1.165) is 23.7 Å². The molecule has 3 N–H and O–H groups in total. The molecule has 118 valence electrons. The van der Waals surface area contributed by atoms with Gasteiger partial charge in [0.05, 0.1) is 5.52 Å². The second kappa shape index (κ2) is 6.66. The molecule has 0 amide bonds. The lowest BCUT2D eigenvalue weighted by Gasteiger charge is -2.22. The van der Waals surface area contributed by atoms with Gasteiger partial charge in [-0.15, -0.1) is 0 Å². The summed E-state index contributed by atoms with van der Waals surface area (Å²) in [5.41, 5.74) is 6.46. The zero-order chi connectivity index (χ0) is 15.5. The maximum atomic E-state index is 5.71. The van der Waals surface area contributed by atoms with E-state index >= 15 is 0 Å². The Morgan fingerprint density at radius 1 is 1.18 bits per heavy atom. The molecular weight excluding hydrogens is 270 g/mol. The van der Waals surface area contributed by atoms with Crippen molar-refractivity contribution >= 4 is 16.7 Å². The Kier molecular flexibility index (Phi) is 4.63. The maximum Gasteiger partial charge on any atom is 0.143 e. The molecule has 1 fully saturated rings. The van der Waals surface area contributed by atoms with Crippen LogP contribution in [0.2, 0.25) is 0 Å². The molecule has 22 heavy (non-hydrogen) atoms. The summed E-state index contributed by atoms with van der Waals surface area (Å²) in [5.74, 6) is 7.88. The molecule has 0 aliphatic heterocycles. The fourth-order valence-corrected chi connectivity index (χ4v) is 3.58. The third-order valence-corrected chi connectivity index (χ3v) is 4.95. The molecule has 0 saturated heterocycles. The van der Waals surface area contributed by atoms with Crippen LogP contribution in [0.15, 0.2) is 24.3 Å². The van der Waals surface area contributed by atoms with E-state index in [0.29, 0.717) is 5.92 Å². The monoisotopic (exact) mass is 297 g/mol. The standard InChI is InChI=1S/C19H27N3/c1-13(2)15-8-9-18-16(11-15)12-17(19(21-18)22-20)10-14-6-4-3-5-7-14/h8-9,11-14H,3-7,10,20H2,1-2H3,(H,21,22). The smallest absolute Gasteiger partial charge is 0.143 e. The van der Waals surface area contributed by atoms with Gasteiger partial charge in [0.25, 0.3) is 0 Å². The van der Waals surface area contributed by atoms with E-state index in [9.17, 15) is 0 Å². The molecular formula is C19H27N3. The van der Waals surface area contributed by atoms with Gasteiger partial charge in [-0.25, -0.2) is 10.8 Å². The minimum Gasteiger partial charge on any atom is -0.308 e. The molecule has 1 heterocycles. The number of nitrogen functional groups attached to an aromatic ring is 1. The Bertz CT molecular complexity index is 642. The van der Waals surface area contributed by atoms with Gasteiger partial charge in [0, 0.05) is 5.39 Å². The van der Waals surface area contributed by atoms with E-state index in [2.05, 4.69) is 43.5 Å². The summed E-state index contributed by atoms with van der Waals surface area (Å²) in [4.78, 5) is 4.72. The third kappa shape index (κ3) is 3.25. The van der Waals surface area contributed by atoms with Gasteiger partial charge in [-0.1, -0.05) is 52.0 Å². The number of hydrazine groups is 1. The van der Waals surface area contributed by atoms with Crippen LogP contribution in [0, 0.1) is 5.92 Å². The number of benzene rings is 1. The van der Waals surface area contributed by atoms with Crippen LogP contribution >= 0.6 is 0 Å². The number of hydrogen-bond donors (Lipinski definition) is 2. The van der Waals surface area contributed by atoms with E-state index in [1.54, 1.807) is 0 Å². The van der Waals surface area contributed by atoms with Crippen LogP contribution in [0.1, 0.15) is 63.0 Å². The van der Waals surface area contributed by atoms with E-state index in [4.69, 9.17) is 10.8 Å². The van der Waals surface area contributed by atoms with Gasteiger partial charge in [0.1, 0.15) is 5.82 Å². The molecule has 2 aromatic rings. The zero-order valence-electron chi connectivity index (χ0n) is 13.7. The molecule has 0 bridgehead atoms. The minimum atomic E-state index is 0.540. The lowest BCUT2D eigenvalue weighted by atomic mass is 9.84. The highest BCUT2D eigenvalue weighted by atomic mass is 15.2. The van der Waals surface area contributed by atoms with Gasteiger partial charge in [-0.05, 0) is 47.6 Å². The predicted octanol–water partition coefficient (Wildman–Crippen LogP) is 4.77. The largest absolute Gasteiger partial charge is 0.308 e. The number of nitrogens with two attached hydrogens (primary N) is 1. The van der Waals surface area contributed by atoms with Gasteiger partial charge in [0.15, 0.2) is 0 Å². The molecule has 0 atom stereocenters. The molecule has 3 rings (SSSR count). The summed E-state index contributed by atoms with van der Waals surface area (Å²) in [6, 6.07) is 8.84. The van der Waals surface area contributed by atoms with E-state index in [1.165, 1.54) is 48.6 Å². The number of nitrogens with one attached hydrogen (secondary N) is 1. The first-order valence-electron chi connectivity index (χ1n) is 8.57. The van der Waals surface area contributed by atoms with Crippen molar-refractivity contribution in [3.8, 4) is 0 Å². The number of pyridine rings is 1. The zero-order valence-corrected chi connectivity index (χ0v) is 13.7. The first kappa shape index (κ1) is 15.3.